The highest BCUT2D eigenvalue weighted by molar-refractivity contribution is 7.88. The van der Waals surface area contributed by atoms with Crippen molar-refractivity contribution in [2.45, 2.75) is 6.54 Å². The zero-order chi connectivity index (χ0) is 20.1. The lowest BCUT2D eigenvalue weighted by Gasteiger charge is -2.14. The molecule has 0 saturated carbocycles. The van der Waals surface area contributed by atoms with Crippen LogP contribution in [0.3, 0.4) is 0 Å². The Morgan fingerprint density at radius 2 is 2.07 bits per heavy atom. The smallest absolute Gasteiger partial charge is 0.211 e. The van der Waals surface area contributed by atoms with Crippen LogP contribution in [0.25, 0.3) is 33.3 Å². The van der Waals surface area contributed by atoms with Gasteiger partial charge in [-0.1, -0.05) is 18.2 Å². The van der Waals surface area contributed by atoms with Crippen molar-refractivity contribution in [3.05, 3.63) is 42.2 Å². The number of imidazole rings is 1. The van der Waals surface area contributed by atoms with Crippen molar-refractivity contribution in [1.29, 1.82) is 0 Å². The number of aromatic amines is 1. The summed E-state index contributed by atoms with van der Waals surface area (Å²) >= 11 is 0. The number of H-pyrrole nitrogens is 1. The van der Waals surface area contributed by atoms with E-state index in [0.29, 0.717) is 6.54 Å². The van der Waals surface area contributed by atoms with Crippen LogP contribution in [-0.4, -0.2) is 52.6 Å². The van der Waals surface area contributed by atoms with Crippen molar-refractivity contribution in [1.82, 2.24) is 23.8 Å². The van der Waals surface area contributed by atoms with Crippen molar-refractivity contribution in [2.75, 3.05) is 25.7 Å². The minimum Gasteiger partial charge on any atom is -0.371 e. The third-order valence-corrected chi connectivity index (χ3v) is 6.14. The normalized spacial score (nSPS) is 12.3. The average Bonchev–Trinajstić information content (AvgIpc) is 3.24. The molecule has 0 aliphatic rings. The summed E-state index contributed by atoms with van der Waals surface area (Å²) in [4.78, 5) is 12.5. The number of nitrogens with zero attached hydrogens (tertiary/aromatic N) is 4. The Labute approximate surface area is 163 Å². The van der Waals surface area contributed by atoms with E-state index >= 15 is 0 Å². The number of pyridine rings is 1. The van der Waals surface area contributed by atoms with Crippen LogP contribution in [0.5, 0.6) is 0 Å². The molecule has 3 heterocycles. The Bertz CT molecular complexity index is 1290. The molecule has 9 heteroatoms. The highest BCUT2D eigenvalue weighted by Gasteiger charge is 2.16. The second-order valence-corrected chi connectivity index (χ2v) is 9.02. The van der Waals surface area contributed by atoms with Crippen molar-refractivity contribution in [3.63, 3.8) is 0 Å². The van der Waals surface area contributed by atoms with Gasteiger partial charge in [0.05, 0.1) is 18.1 Å². The van der Waals surface area contributed by atoms with Gasteiger partial charge in [0.15, 0.2) is 5.82 Å². The zero-order valence-corrected chi connectivity index (χ0v) is 17.0. The summed E-state index contributed by atoms with van der Waals surface area (Å²) in [5, 5.41) is 4.09. The molecule has 4 aromatic rings. The second kappa shape index (κ2) is 6.61. The van der Waals surface area contributed by atoms with Gasteiger partial charge in [-0.15, -0.1) is 0 Å². The van der Waals surface area contributed by atoms with Gasteiger partial charge in [0, 0.05) is 38.8 Å². The molecule has 8 nitrogen and oxygen atoms in total. The van der Waals surface area contributed by atoms with Gasteiger partial charge in [-0.2, -0.15) is 0 Å². The number of benzene rings is 1. The molecule has 0 radical (unpaired) electrons. The van der Waals surface area contributed by atoms with Gasteiger partial charge in [-0.25, -0.2) is 22.7 Å². The van der Waals surface area contributed by atoms with E-state index < -0.39 is 10.0 Å². The van der Waals surface area contributed by atoms with Crippen LogP contribution in [0.15, 0.2) is 36.7 Å². The largest absolute Gasteiger partial charge is 0.371 e. The van der Waals surface area contributed by atoms with E-state index in [9.17, 15) is 8.42 Å². The van der Waals surface area contributed by atoms with Crippen molar-refractivity contribution in [2.24, 2.45) is 7.05 Å². The fourth-order valence-corrected chi connectivity index (χ4v) is 3.72. The van der Waals surface area contributed by atoms with E-state index in [1.165, 1.54) is 10.6 Å². The summed E-state index contributed by atoms with van der Waals surface area (Å²) in [5.41, 5.74) is 5.41. The first kappa shape index (κ1) is 18.5. The molecule has 0 aliphatic heterocycles. The Morgan fingerprint density at radius 1 is 1.29 bits per heavy atom. The molecule has 0 fully saturated rings. The summed E-state index contributed by atoms with van der Waals surface area (Å²) in [6.45, 7) is 0.320. The molecule has 1 aromatic carbocycles. The van der Waals surface area contributed by atoms with E-state index in [-0.39, 0.29) is 0 Å². The molecule has 0 saturated heterocycles. The topological polar surface area (TPSA) is 95.9 Å². The minimum atomic E-state index is -3.23. The molecule has 0 aliphatic carbocycles. The molecule has 146 valence electrons. The molecule has 0 amide bonds. The van der Waals surface area contributed by atoms with Crippen LogP contribution in [-0.2, 0) is 23.6 Å². The number of fused-ring (bicyclic) bond motifs is 3. The second-order valence-electron chi connectivity index (χ2n) is 6.93. The first-order chi connectivity index (χ1) is 13.3. The summed E-state index contributed by atoms with van der Waals surface area (Å²) < 4.78 is 26.7. The monoisotopic (exact) mass is 398 g/mol. The van der Waals surface area contributed by atoms with Crippen molar-refractivity contribution in [3.8, 4) is 11.3 Å². The molecule has 0 bridgehead atoms. The van der Waals surface area contributed by atoms with Gasteiger partial charge in [0.2, 0.25) is 10.0 Å². The Hall–Kier alpha value is -2.91. The molecule has 3 aromatic heterocycles. The number of rotatable bonds is 5. The van der Waals surface area contributed by atoms with Gasteiger partial charge in [-0.3, -0.25) is 0 Å². The lowest BCUT2D eigenvalue weighted by Crippen LogP contribution is -2.24. The number of sulfonamides is 1. The molecule has 0 spiro atoms. The maximum atomic E-state index is 11.7. The van der Waals surface area contributed by atoms with Gasteiger partial charge in [-0.05, 0) is 23.3 Å². The molecule has 4 rings (SSSR count). The van der Waals surface area contributed by atoms with Crippen LogP contribution >= 0.6 is 0 Å². The van der Waals surface area contributed by atoms with Crippen LogP contribution in [0.2, 0.25) is 0 Å². The van der Waals surface area contributed by atoms with Gasteiger partial charge in [0.25, 0.3) is 0 Å². The summed E-state index contributed by atoms with van der Waals surface area (Å²) in [7, 11) is 2.13. The summed E-state index contributed by atoms with van der Waals surface area (Å²) in [5.74, 6) is 0.722. The highest BCUT2D eigenvalue weighted by atomic mass is 32.2. The maximum absolute atomic E-state index is 11.7. The van der Waals surface area contributed by atoms with Crippen LogP contribution in [0, 0.1) is 0 Å². The Kier molecular flexibility index (Phi) is 4.35. The van der Waals surface area contributed by atoms with Crippen LogP contribution in [0.1, 0.15) is 5.56 Å². The van der Waals surface area contributed by atoms with Gasteiger partial charge < -0.3 is 14.9 Å². The number of anilines is 1. The third-order valence-electron chi connectivity index (χ3n) is 4.88. The fraction of sp³-hybridized carbons (Fsp3) is 0.263. The van der Waals surface area contributed by atoms with Crippen LogP contribution in [0.4, 0.5) is 5.82 Å². The lowest BCUT2D eigenvalue weighted by molar-refractivity contribution is 0.472. The Morgan fingerprint density at radius 3 is 2.79 bits per heavy atom. The first-order valence-corrected chi connectivity index (χ1v) is 10.6. The molecule has 2 N–H and O–H groups in total. The lowest BCUT2D eigenvalue weighted by atomic mass is 10.1. The molecule has 28 heavy (non-hydrogen) atoms. The van der Waals surface area contributed by atoms with E-state index in [1.54, 1.807) is 13.4 Å². The average molecular weight is 398 g/mol. The number of nitrogens with one attached hydrogen (secondary N) is 2. The highest BCUT2D eigenvalue weighted by Crippen LogP contribution is 2.31. The molecular weight excluding hydrogens is 376 g/mol. The zero-order valence-electron chi connectivity index (χ0n) is 16.2. The maximum Gasteiger partial charge on any atom is 0.211 e. The van der Waals surface area contributed by atoms with E-state index in [0.717, 1.165) is 44.7 Å². The molecule has 0 atom stereocenters. The first-order valence-electron chi connectivity index (χ1n) is 8.80. The van der Waals surface area contributed by atoms with Gasteiger partial charge in [0.1, 0.15) is 11.2 Å². The quantitative estimate of drug-likeness (QED) is 0.539. The predicted octanol–water partition coefficient (Wildman–Crippen LogP) is 2.55. The van der Waals surface area contributed by atoms with Crippen molar-refractivity contribution < 1.29 is 8.42 Å². The molecule has 0 unspecified atom stereocenters. The number of aromatic nitrogens is 4. The summed E-state index contributed by atoms with van der Waals surface area (Å²) in [6, 6.07) is 9.90. The van der Waals surface area contributed by atoms with Gasteiger partial charge >= 0.3 is 0 Å². The number of hydrogen-bond acceptors (Lipinski definition) is 5. The number of hydrogen-bond donors (Lipinski definition) is 2. The minimum absolute atomic E-state index is 0.320. The number of aryl methyl sites for hydroxylation is 1. The summed E-state index contributed by atoms with van der Waals surface area (Å²) in [6.07, 6.45) is 2.99. The third kappa shape index (κ3) is 3.12. The van der Waals surface area contributed by atoms with E-state index in [2.05, 4.69) is 26.3 Å². The molecular formula is C19H22N6O2S. The van der Waals surface area contributed by atoms with E-state index in [4.69, 9.17) is 0 Å². The Balaban J connectivity index is 1.81. The van der Waals surface area contributed by atoms with E-state index in [1.807, 2.05) is 42.9 Å². The predicted molar refractivity (Wildman–Crippen MR) is 112 cm³/mol. The van der Waals surface area contributed by atoms with Crippen LogP contribution < -0.4 is 5.32 Å². The fourth-order valence-electron chi connectivity index (χ4n) is 3.34. The van der Waals surface area contributed by atoms with Crippen molar-refractivity contribution >= 4 is 37.9 Å². The SMILES string of the molecule is CNc1nc2[nH]c(-c3cccc(CN(C)S(C)(=O)=O)c3)cc2c2c1ncn2C. The standard InChI is InChI=1S/C19H22N6O2S/c1-20-19-16-17(24(2)11-21-16)14-9-15(22-18(14)23-19)13-7-5-6-12(8-13)10-25(3)28(4,26)27/h5-9,11H,10H2,1-4H3,(H2,20,22,23).